The number of H-pyrrole nitrogens is 2. The van der Waals surface area contributed by atoms with Gasteiger partial charge in [-0.1, -0.05) is 31.9 Å². The zero-order chi connectivity index (χ0) is 30.3. The average Bonchev–Trinajstić information content (AvgIpc) is 3.61. The normalized spacial score (nSPS) is 17.7. The van der Waals surface area contributed by atoms with Crippen molar-refractivity contribution in [3.63, 3.8) is 0 Å². The minimum atomic E-state index is -0.851. The summed E-state index contributed by atoms with van der Waals surface area (Å²) >= 11 is 0. The Morgan fingerprint density at radius 2 is 1.81 bits per heavy atom. The van der Waals surface area contributed by atoms with E-state index in [2.05, 4.69) is 47.6 Å². The van der Waals surface area contributed by atoms with Crippen molar-refractivity contribution in [3.8, 4) is 0 Å². The maximum atomic E-state index is 11.6. The minimum absolute atomic E-state index is 0.0152. The molecule has 0 aromatic carbocycles. The van der Waals surface area contributed by atoms with E-state index in [9.17, 15) is 15.2 Å². The van der Waals surface area contributed by atoms with E-state index in [4.69, 9.17) is 9.98 Å². The van der Waals surface area contributed by atoms with E-state index in [0.29, 0.717) is 19.3 Å². The van der Waals surface area contributed by atoms with Crippen molar-refractivity contribution in [2.45, 2.75) is 59.4 Å². The van der Waals surface area contributed by atoms with Crippen molar-refractivity contribution in [1.82, 2.24) is 9.97 Å². The molecule has 8 heteroatoms. The highest BCUT2D eigenvalue weighted by molar-refractivity contribution is 6.24. The molecule has 2 aromatic heterocycles. The Morgan fingerprint density at radius 1 is 1.05 bits per heavy atom. The lowest BCUT2D eigenvalue weighted by molar-refractivity contribution is -0.204. The molecule has 0 fully saturated rings. The van der Waals surface area contributed by atoms with Gasteiger partial charge in [-0.2, -0.15) is 0 Å². The molecule has 0 saturated carbocycles. The summed E-state index contributed by atoms with van der Waals surface area (Å²) in [6, 6.07) is -0.267. The number of allylic oxidation sites excluding steroid dienone is 5. The Morgan fingerprint density at radius 3 is 2.48 bits per heavy atom. The Balaban J connectivity index is 1.81. The van der Waals surface area contributed by atoms with E-state index in [0.717, 1.165) is 83.8 Å². The number of rotatable bonds is 8. The van der Waals surface area contributed by atoms with Crippen molar-refractivity contribution in [3.05, 3.63) is 110 Å². The van der Waals surface area contributed by atoms with Gasteiger partial charge >= 0.3 is 5.97 Å². The van der Waals surface area contributed by atoms with Crippen LogP contribution in [0.15, 0.2) is 75.6 Å². The molecule has 1 unspecified atom stereocenters. The van der Waals surface area contributed by atoms with Crippen molar-refractivity contribution >= 4 is 35.6 Å². The minimum Gasteiger partial charge on any atom is -0.481 e. The number of carboxylic acids is 1. The largest absolute Gasteiger partial charge is 0.481 e. The Bertz CT molecular complexity index is 1830. The molecule has 2 aromatic rings. The molecule has 5 heterocycles. The van der Waals surface area contributed by atoms with Gasteiger partial charge in [-0.15, -0.1) is 0 Å². The molecule has 4 N–H and O–H groups in total. The third-order valence-electron chi connectivity index (χ3n) is 8.50. The average molecular weight is 565 g/mol. The summed E-state index contributed by atoms with van der Waals surface area (Å²) in [6.07, 6.45) is 11.0. The molecule has 3 aliphatic rings. The van der Waals surface area contributed by atoms with Crippen LogP contribution in [0.2, 0.25) is 0 Å². The quantitative estimate of drug-likeness (QED) is 0.201. The van der Waals surface area contributed by atoms with Crippen LogP contribution in [-0.4, -0.2) is 43.8 Å². The third-order valence-corrected chi connectivity index (χ3v) is 8.50. The zero-order valence-corrected chi connectivity index (χ0v) is 24.5. The third kappa shape index (κ3) is 5.10. The SMILES string of the molecule is C=CC1=C(C)C2=NC1=CC1=NC(Cc3[nH]c(c(C)c3CC(=C)OO)C=c3[nH]c(c(C=C)c3C)=C2)C(CCC(=O)O)=C1C. The summed E-state index contributed by atoms with van der Waals surface area (Å²) in [5.74, 6) is -0.624. The van der Waals surface area contributed by atoms with E-state index in [1.54, 1.807) is 0 Å². The van der Waals surface area contributed by atoms with Crippen LogP contribution in [0.3, 0.4) is 0 Å². The van der Waals surface area contributed by atoms with Crippen LogP contribution in [0.4, 0.5) is 0 Å². The highest BCUT2D eigenvalue weighted by Gasteiger charge is 2.29. The fourth-order valence-electron chi connectivity index (χ4n) is 6.07. The smallest absolute Gasteiger partial charge is 0.303 e. The van der Waals surface area contributed by atoms with Crippen LogP contribution in [0.5, 0.6) is 0 Å². The molecule has 1 atom stereocenters. The van der Waals surface area contributed by atoms with Crippen LogP contribution in [0.25, 0.3) is 18.2 Å². The molecule has 42 heavy (non-hydrogen) atoms. The molecular formula is C34H36N4O4. The predicted octanol–water partition coefficient (Wildman–Crippen LogP) is 5.16. The monoisotopic (exact) mass is 564 g/mol. The van der Waals surface area contributed by atoms with Crippen molar-refractivity contribution < 1.29 is 20.0 Å². The molecule has 3 aliphatic heterocycles. The summed E-state index contributed by atoms with van der Waals surface area (Å²) in [5, 5.41) is 20.6. The lowest BCUT2D eigenvalue weighted by Gasteiger charge is -2.14. The highest BCUT2D eigenvalue weighted by Crippen LogP contribution is 2.34. The lowest BCUT2D eigenvalue weighted by atomic mass is 9.93. The number of carbonyl (C=O) groups is 1. The number of aliphatic carboxylic acids is 1. The van der Waals surface area contributed by atoms with Gasteiger partial charge in [0.05, 0.1) is 23.2 Å². The van der Waals surface area contributed by atoms with Gasteiger partial charge < -0.3 is 20.0 Å². The molecule has 8 bridgehead atoms. The Kier molecular flexibility index (Phi) is 7.75. The van der Waals surface area contributed by atoms with E-state index in [1.807, 2.05) is 45.1 Å². The van der Waals surface area contributed by atoms with E-state index in [-0.39, 0.29) is 18.2 Å². The van der Waals surface area contributed by atoms with Gasteiger partial charge in [0.2, 0.25) is 0 Å². The molecule has 8 nitrogen and oxygen atoms in total. The van der Waals surface area contributed by atoms with Gasteiger partial charge in [-0.25, -0.2) is 10.2 Å². The standard InChI is InChI=1S/C34H36N4O4/c1-8-22-18(4)26-13-27-21(7)25(12-17(3)42-41)33(38-27)16-32-24(10-11-34(39)40)20(6)29(37-32)15-31-23(9-2)19(5)28(36-31)14-30(22)35-26/h8-9,13-15,32,35,38,41H,1-3,10-12,16H2,4-7H3,(H,39,40). The Labute approximate surface area is 244 Å². The van der Waals surface area contributed by atoms with Crippen LogP contribution < -0.4 is 10.7 Å². The molecule has 0 spiro atoms. The van der Waals surface area contributed by atoms with E-state index in [1.165, 1.54) is 0 Å². The van der Waals surface area contributed by atoms with E-state index < -0.39 is 5.97 Å². The summed E-state index contributed by atoms with van der Waals surface area (Å²) in [7, 11) is 0. The second kappa shape index (κ2) is 11.3. The van der Waals surface area contributed by atoms with E-state index >= 15 is 0 Å². The number of nitrogens with zero attached hydrogens (tertiary/aromatic N) is 2. The number of aliphatic imine (C=N–C) groups is 2. The van der Waals surface area contributed by atoms with Gasteiger partial charge in [-0.3, -0.25) is 9.79 Å². The summed E-state index contributed by atoms with van der Waals surface area (Å²) in [5.41, 5.74) is 12.1. The van der Waals surface area contributed by atoms with Gasteiger partial charge in [-0.05, 0) is 85.8 Å². The molecule has 0 amide bonds. The van der Waals surface area contributed by atoms with Gasteiger partial charge in [0.15, 0.2) is 0 Å². The molecular weight excluding hydrogens is 528 g/mol. The number of hydrogen-bond donors (Lipinski definition) is 4. The fourth-order valence-corrected chi connectivity index (χ4v) is 6.07. The summed E-state index contributed by atoms with van der Waals surface area (Å²) < 4.78 is 0. The lowest BCUT2D eigenvalue weighted by Crippen LogP contribution is -2.14. The van der Waals surface area contributed by atoms with Crippen LogP contribution in [0, 0.1) is 13.8 Å². The van der Waals surface area contributed by atoms with Crippen LogP contribution in [0.1, 0.15) is 60.3 Å². The van der Waals surface area contributed by atoms with Gasteiger partial charge in [0, 0.05) is 52.5 Å². The molecule has 0 aliphatic carbocycles. The first kappa shape index (κ1) is 28.8. The second-order valence-electron chi connectivity index (χ2n) is 11.0. The second-order valence-corrected chi connectivity index (χ2v) is 11.0. The summed E-state index contributed by atoms with van der Waals surface area (Å²) in [4.78, 5) is 33.3. The molecule has 216 valence electrons. The van der Waals surface area contributed by atoms with Gasteiger partial charge in [0.25, 0.3) is 0 Å². The predicted molar refractivity (Wildman–Crippen MR) is 168 cm³/mol. The maximum absolute atomic E-state index is 11.6. The number of nitrogens with one attached hydrogen (secondary N) is 2. The topological polar surface area (TPSA) is 123 Å². The number of hydrogen-bond acceptors (Lipinski definition) is 5. The van der Waals surface area contributed by atoms with Crippen molar-refractivity contribution in [1.29, 1.82) is 0 Å². The van der Waals surface area contributed by atoms with Gasteiger partial charge in [0.1, 0.15) is 5.76 Å². The first-order valence-electron chi connectivity index (χ1n) is 13.9. The first-order valence-corrected chi connectivity index (χ1v) is 13.9. The number of carboxylic acid groups (broad SMARTS) is 1. The molecule has 0 saturated heterocycles. The molecule has 5 rings (SSSR count). The Hall–Kier alpha value is -4.69. The summed E-state index contributed by atoms with van der Waals surface area (Å²) in [6.45, 7) is 20.1. The van der Waals surface area contributed by atoms with Crippen molar-refractivity contribution in [2.24, 2.45) is 9.98 Å². The molecule has 0 radical (unpaired) electrons. The fraction of sp³-hybridized carbons (Fsp3) is 0.265. The van der Waals surface area contributed by atoms with Crippen molar-refractivity contribution in [2.75, 3.05) is 0 Å². The van der Waals surface area contributed by atoms with Crippen LogP contribution >= 0.6 is 0 Å². The van der Waals surface area contributed by atoms with Crippen LogP contribution in [-0.2, 0) is 22.5 Å². The first-order chi connectivity index (χ1) is 20.1. The number of aromatic amines is 2. The maximum Gasteiger partial charge on any atom is 0.303 e. The number of aromatic nitrogens is 2. The highest BCUT2D eigenvalue weighted by atomic mass is 17.1. The number of fused-ring (bicyclic) bond motifs is 6. The zero-order valence-electron chi connectivity index (χ0n) is 24.5.